The van der Waals surface area contributed by atoms with Gasteiger partial charge in [-0.15, -0.1) is 0 Å². The summed E-state index contributed by atoms with van der Waals surface area (Å²) in [5.41, 5.74) is 0.926. The summed E-state index contributed by atoms with van der Waals surface area (Å²) in [5.74, 6) is -0.408. The van der Waals surface area contributed by atoms with Crippen molar-refractivity contribution in [2.45, 2.75) is 26.0 Å². The zero-order chi connectivity index (χ0) is 12.1. The quantitative estimate of drug-likeness (QED) is 0.851. The Hall–Kier alpha value is -1.60. The van der Waals surface area contributed by atoms with Crippen molar-refractivity contribution in [3.05, 3.63) is 29.6 Å². The van der Waals surface area contributed by atoms with Gasteiger partial charge in [0.2, 0.25) is 0 Å². The van der Waals surface area contributed by atoms with Crippen LogP contribution in [0.1, 0.15) is 19.4 Å². The number of anilines is 1. The van der Waals surface area contributed by atoms with Crippen molar-refractivity contribution in [2.75, 3.05) is 12.4 Å². The number of nitriles is 1. The Labute approximate surface area is 94.8 Å². The van der Waals surface area contributed by atoms with Crippen molar-refractivity contribution < 1.29 is 9.13 Å². The molecule has 4 heteroatoms. The number of hydrogen-bond acceptors (Lipinski definition) is 3. The van der Waals surface area contributed by atoms with Crippen molar-refractivity contribution in [3.63, 3.8) is 0 Å². The fourth-order valence-corrected chi connectivity index (χ4v) is 1.30. The second-order valence-corrected chi connectivity index (χ2v) is 3.68. The monoisotopic (exact) mass is 222 g/mol. The number of rotatable bonds is 4. The molecule has 1 aromatic rings. The molecule has 0 amide bonds. The van der Waals surface area contributed by atoms with Crippen LogP contribution in [0, 0.1) is 17.1 Å². The summed E-state index contributed by atoms with van der Waals surface area (Å²) in [4.78, 5) is 0. The number of nitrogens with zero attached hydrogens (tertiary/aromatic N) is 1. The summed E-state index contributed by atoms with van der Waals surface area (Å²) in [5, 5.41) is 12.0. The van der Waals surface area contributed by atoms with Crippen LogP contribution in [-0.2, 0) is 4.74 Å². The molecule has 0 fully saturated rings. The molecule has 0 spiro atoms. The van der Waals surface area contributed by atoms with Crippen molar-refractivity contribution in [2.24, 2.45) is 0 Å². The van der Waals surface area contributed by atoms with Crippen LogP contribution in [0.2, 0.25) is 0 Å². The number of hydrogen-bond donors (Lipinski definition) is 1. The molecule has 2 unspecified atom stereocenters. The molecule has 0 aromatic heterocycles. The van der Waals surface area contributed by atoms with Gasteiger partial charge in [-0.1, -0.05) is 0 Å². The Balaban J connectivity index is 2.85. The molecule has 0 aliphatic heterocycles. The number of nitrogens with one attached hydrogen (secondary N) is 1. The van der Waals surface area contributed by atoms with Gasteiger partial charge in [-0.3, -0.25) is 0 Å². The van der Waals surface area contributed by atoms with Crippen LogP contribution >= 0.6 is 0 Å². The average molecular weight is 222 g/mol. The first-order valence-electron chi connectivity index (χ1n) is 5.07. The van der Waals surface area contributed by atoms with E-state index in [0.717, 1.165) is 0 Å². The molecule has 3 nitrogen and oxygen atoms in total. The first kappa shape index (κ1) is 12.5. The SMILES string of the molecule is COC(C)C(C)Nc1ccc(F)cc1C#N. The number of benzene rings is 1. The molecular formula is C12H15FN2O. The largest absolute Gasteiger partial charge is 0.380 e. The predicted octanol–water partition coefficient (Wildman–Crippen LogP) is 2.53. The van der Waals surface area contributed by atoms with E-state index in [4.69, 9.17) is 10.00 Å². The molecule has 16 heavy (non-hydrogen) atoms. The molecule has 0 aliphatic rings. The van der Waals surface area contributed by atoms with E-state index in [1.165, 1.54) is 12.1 Å². The van der Waals surface area contributed by atoms with Crippen LogP contribution < -0.4 is 5.32 Å². The van der Waals surface area contributed by atoms with E-state index in [-0.39, 0.29) is 12.1 Å². The Bertz CT molecular complexity index is 400. The van der Waals surface area contributed by atoms with Crippen LogP contribution in [0.5, 0.6) is 0 Å². The smallest absolute Gasteiger partial charge is 0.124 e. The van der Waals surface area contributed by atoms with Gasteiger partial charge in [0.1, 0.15) is 11.9 Å². The number of halogens is 1. The third-order valence-electron chi connectivity index (χ3n) is 2.56. The maximum Gasteiger partial charge on any atom is 0.124 e. The maximum atomic E-state index is 12.9. The lowest BCUT2D eigenvalue weighted by molar-refractivity contribution is 0.106. The molecule has 1 rings (SSSR count). The Morgan fingerprint density at radius 3 is 2.69 bits per heavy atom. The van der Waals surface area contributed by atoms with Gasteiger partial charge in [0.05, 0.1) is 17.4 Å². The summed E-state index contributed by atoms with van der Waals surface area (Å²) in [6.07, 6.45) is 0.0107. The van der Waals surface area contributed by atoms with E-state index in [1.54, 1.807) is 13.2 Å². The van der Waals surface area contributed by atoms with Gasteiger partial charge in [0, 0.05) is 13.2 Å². The summed E-state index contributed by atoms with van der Waals surface area (Å²) >= 11 is 0. The van der Waals surface area contributed by atoms with Gasteiger partial charge in [0.25, 0.3) is 0 Å². The van der Waals surface area contributed by atoms with Crippen molar-refractivity contribution in [3.8, 4) is 6.07 Å². The fourth-order valence-electron chi connectivity index (χ4n) is 1.30. The topological polar surface area (TPSA) is 45.0 Å². The molecule has 0 radical (unpaired) electrons. The Morgan fingerprint density at radius 2 is 2.12 bits per heavy atom. The average Bonchev–Trinajstić information content (AvgIpc) is 2.30. The Morgan fingerprint density at radius 1 is 1.44 bits per heavy atom. The number of ether oxygens (including phenoxy) is 1. The zero-order valence-corrected chi connectivity index (χ0v) is 9.62. The third-order valence-corrected chi connectivity index (χ3v) is 2.56. The summed E-state index contributed by atoms with van der Waals surface area (Å²) < 4.78 is 18.1. The van der Waals surface area contributed by atoms with Gasteiger partial charge >= 0.3 is 0 Å². The van der Waals surface area contributed by atoms with Crippen LogP contribution in [-0.4, -0.2) is 19.3 Å². The van der Waals surface area contributed by atoms with Crippen LogP contribution in [0.25, 0.3) is 0 Å². The highest BCUT2D eigenvalue weighted by molar-refractivity contribution is 5.57. The minimum Gasteiger partial charge on any atom is -0.380 e. The van der Waals surface area contributed by atoms with E-state index in [9.17, 15) is 4.39 Å². The molecular weight excluding hydrogens is 207 g/mol. The zero-order valence-electron chi connectivity index (χ0n) is 9.62. The molecule has 1 N–H and O–H groups in total. The second kappa shape index (κ2) is 5.47. The lowest BCUT2D eigenvalue weighted by Crippen LogP contribution is -2.29. The summed E-state index contributed by atoms with van der Waals surface area (Å²) in [6.45, 7) is 3.87. The molecule has 1 aromatic carbocycles. The molecule has 0 aliphatic carbocycles. The maximum absolute atomic E-state index is 12.9. The minimum atomic E-state index is -0.408. The second-order valence-electron chi connectivity index (χ2n) is 3.68. The lowest BCUT2D eigenvalue weighted by Gasteiger charge is -2.21. The minimum absolute atomic E-state index is 0.0107. The van der Waals surface area contributed by atoms with Crippen molar-refractivity contribution >= 4 is 5.69 Å². The Kier molecular flexibility index (Phi) is 4.27. The van der Waals surface area contributed by atoms with E-state index < -0.39 is 5.82 Å². The van der Waals surface area contributed by atoms with Crippen LogP contribution in [0.3, 0.4) is 0 Å². The van der Waals surface area contributed by atoms with E-state index >= 15 is 0 Å². The van der Waals surface area contributed by atoms with Gasteiger partial charge < -0.3 is 10.1 Å². The first-order chi connectivity index (χ1) is 7.58. The standard InChI is InChI=1S/C12H15FN2O/c1-8(9(2)16-3)15-12-5-4-11(13)6-10(12)7-14/h4-6,8-9,15H,1-3H3. The van der Waals surface area contributed by atoms with Gasteiger partial charge in [-0.05, 0) is 32.0 Å². The fraction of sp³-hybridized carbons (Fsp3) is 0.417. The van der Waals surface area contributed by atoms with E-state index in [0.29, 0.717) is 11.3 Å². The van der Waals surface area contributed by atoms with Gasteiger partial charge in [0.15, 0.2) is 0 Å². The van der Waals surface area contributed by atoms with E-state index in [1.807, 2.05) is 19.9 Å². The number of methoxy groups -OCH3 is 1. The van der Waals surface area contributed by atoms with Gasteiger partial charge in [-0.25, -0.2) is 4.39 Å². The first-order valence-corrected chi connectivity index (χ1v) is 5.07. The third kappa shape index (κ3) is 2.94. The highest BCUT2D eigenvalue weighted by Crippen LogP contribution is 2.18. The van der Waals surface area contributed by atoms with Crippen LogP contribution in [0.4, 0.5) is 10.1 Å². The molecule has 0 bridgehead atoms. The molecule has 0 saturated heterocycles. The summed E-state index contributed by atoms with van der Waals surface area (Å²) in [6, 6.07) is 6.10. The lowest BCUT2D eigenvalue weighted by atomic mass is 10.1. The van der Waals surface area contributed by atoms with Gasteiger partial charge in [-0.2, -0.15) is 5.26 Å². The normalized spacial score (nSPS) is 13.9. The molecule has 0 saturated carbocycles. The highest BCUT2D eigenvalue weighted by atomic mass is 19.1. The molecule has 2 atom stereocenters. The predicted molar refractivity (Wildman–Crippen MR) is 60.7 cm³/mol. The van der Waals surface area contributed by atoms with Crippen molar-refractivity contribution in [1.29, 1.82) is 5.26 Å². The highest BCUT2D eigenvalue weighted by Gasteiger charge is 2.12. The van der Waals surface area contributed by atoms with Crippen LogP contribution in [0.15, 0.2) is 18.2 Å². The molecule has 86 valence electrons. The van der Waals surface area contributed by atoms with E-state index in [2.05, 4.69) is 5.32 Å². The molecule has 0 heterocycles. The summed E-state index contributed by atoms with van der Waals surface area (Å²) in [7, 11) is 1.62. The van der Waals surface area contributed by atoms with Crippen molar-refractivity contribution in [1.82, 2.24) is 0 Å².